The highest BCUT2D eigenvalue weighted by Crippen LogP contribution is 2.33. The van der Waals surface area contributed by atoms with Gasteiger partial charge in [-0.1, -0.05) is 48.5 Å². The summed E-state index contributed by atoms with van der Waals surface area (Å²) in [5.41, 5.74) is 4.19. The van der Waals surface area contributed by atoms with Crippen molar-refractivity contribution in [3.05, 3.63) is 70.8 Å². The fourth-order valence-electron chi connectivity index (χ4n) is 6.45. The topological polar surface area (TPSA) is 55.9 Å². The van der Waals surface area contributed by atoms with Crippen LogP contribution in [0.1, 0.15) is 52.4 Å². The molecule has 2 aromatic carbocycles. The number of likely N-dealkylation sites (tertiary alicyclic amines) is 3. The van der Waals surface area contributed by atoms with Gasteiger partial charge in [-0.15, -0.1) is 0 Å². The molecule has 0 spiro atoms. The van der Waals surface area contributed by atoms with Crippen molar-refractivity contribution in [2.24, 2.45) is 11.8 Å². The largest absolute Gasteiger partial charge is 0.348 e. The van der Waals surface area contributed by atoms with Crippen LogP contribution in [0.3, 0.4) is 0 Å². The van der Waals surface area contributed by atoms with E-state index in [0.29, 0.717) is 18.4 Å². The lowest BCUT2D eigenvalue weighted by molar-refractivity contribution is -0.122. The Balaban J connectivity index is 1.15. The van der Waals surface area contributed by atoms with E-state index in [4.69, 9.17) is 0 Å². The second-order valence-electron chi connectivity index (χ2n) is 11.1. The molecule has 3 saturated heterocycles. The summed E-state index contributed by atoms with van der Waals surface area (Å²) in [4.78, 5) is 32.9. The zero-order valence-electron chi connectivity index (χ0n) is 21.8. The molecule has 2 amide bonds. The van der Waals surface area contributed by atoms with Crippen molar-refractivity contribution >= 4 is 11.8 Å². The van der Waals surface area contributed by atoms with Gasteiger partial charge >= 0.3 is 0 Å². The predicted molar refractivity (Wildman–Crippen MR) is 143 cm³/mol. The van der Waals surface area contributed by atoms with Crippen LogP contribution in [0, 0.1) is 25.7 Å². The van der Waals surface area contributed by atoms with E-state index in [-0.39, 0.29) is 17.9 Å². The van der Waals surface area contributed by atoms with Crippen LogP contribution in [-0.2, 0) is 4.79 Å². The highest BCUT2D eigenvalue weighted by Gasteiger charge is 2.42. The first-order valence-corrected chi connectivity index (χ1v) is 13.6. The number of hydrogen-bond donors (Lipinski definition) is 1. The summed E-state index contributed by atoms with van der Waals surface area (Å²) < 4.78 is 0. The average molecular weight is 489 g/mol. The van der Waals surface area contributed by atoms with Crippen molar-refractivity contribution in [1.29, 1.82) is 0 Å². The van der Waals surface area contributed by atoms with E-state index < -0.39 is 0 Å². The molecule has 3 heterocycles. The number of rotatable bonds is 8. The number of hydrogen-bond acceptors (Lipinski definition) is 4. The van der Waals surface area contributed by atoms with Crippen molar-refractivity contribution in [3.63, 3.8) is 0 Å². The highest BCUT2D eigenvalue weighted by molar-refractivity contribution is 5.97. The van der Waals surface area contributed by atoms with E-state index in [1.165, 1.54) is 18.4 Å². The minimum atomic E-state index is 0.0313. The number of fused-ring (bicyclic) bond motifs is 1. The van der Waals surface area contributed by atoms with E-state index in [2.05, 4.69) is 44.3 Å². The maximum atomic E-state index is 13.3. The Morgan fingerprint density at radius 1 is 0.861 bits per heavy atom. The zero-order valence-corrected chi connectivity index (χ0v) is 21.8. The monoisotopic (exact) mass is 488 g/mol. The van der Waals surface area contributed by atoms with Crippen LogP contribution in [0.15, 0.2) is 48.5 Å². The Morgan fingerprint density at radius 2 is 1.50 bits per heavy atom. The average Bonchev–Trinajstić information content (AvgIpc) is 3.59. The minimum Gasteiger partial charge on any atom is -0.348 e. The molecule has 0 bridgehead atoms. The molecule has 6 heteroatoms. The van der Waals surface area contributed by atoms with Gasteiger partial charge in [0, 0.05) is 38.3 Å². The molecule has 2 aromatic rings. The van der Waals surface area contributed by atoms with Gasteiger partial charge in [-0.3, -0.25) is 14.5 Å². The van der Waals surface area contributed by atoms with Crippen molar-refractivity contribution < 1.29 is 9.59 Å². The Morgan fingerprint density at radius 3 is 2.14 bits per heavy atom. The van der Waals surface area contributed by atoms with Gasteiger partial charge in [0.1, 0.15) is 0 Å². The Labute approximate surface area is 215 Å². The molecule has 0 aromatic heterocycles. The van der Waals surface area contributed by atoms with E-state index >= 15 is 0 Å². The molecule has 3 atom stereocenters. The molecule has 3 aliphatic rings. The molecule has 3 aliphatic heterocycles. The van der Waals surface area contributed by atoms with Crippen LogP contribution in [0.25, 0.3) is 0 Å². The third kappa shape index (κ3) is 5.65. The van der Waals surface area contributed by atoms with Crippen molar-refractivity contribution in [2.75, 3.05) is 52.4 Å². The van der Waals surface area contributed by atoms with Gasteiger partial charge in [-0.25, -0.2) is 0 Å². The molecule has 0 radical (unpaired) electrons. The van der Waals surface area contributed by atoms with E-state index in [9.17, 15) is 9.59 Å². The summed E-state index contributed by atoms with van der Waals surface area (Å²) in [5, 5.41) is 3.33. The number of nitrogens with zero attached hydrogens (tertiary/aromatic N) is 3. The molecule has 6 nitrogen and oxygen atoms in total. The SMILES string of the molecule is Cc1cccc(C)c1C(=O)N1CC2CN(CCC(NC(=O)CN3CCCC3)c3ccccc3)CC2C1. The normalized spacial score (nSPS) is 23.1. The van der Waals surface area contributed by atoms with Gasteiger partial charge in [0.05, 0.1) is 12.6 Å². The molecular weight excluding hydrogens is 448 g/mol. The molecule has 3 fully saturated rings. The molecule has 3 unspecified atom stereocenters. The maximum absolute atomic E-state index is 13.3. The van der Waals surface area contributed by atoms with Gasteiger partial charge < -0.3 is 15.1 Å². The van der Waals surface area contributed by atoms with Crippen molar-refractivity contribution in [3.8, 4) is 0 Å². The third-order valence-corrected chi connectivity index (χ3v) is 8.38. The lowest BCUT2D eigenvalue weighted by atomic mass is 10.0. The van der Waals surface area contributed by atoms with Gasteiger partial charge in [0.25, 0.3) is 5.91 Å². The Kier molecular flexibility index (Phi) is 7.73. The lowest BCUT2D eigenvalue weighted by Gasteiger charge is -2.26. The van der Waals surface area contributed by atoms with E-state index in [0.717, 1.165) is 68.9 Å². The number of amides is 2. The van der Waals surface area contributed by atoms with Crippen LogP contribution < -0.4 is 5.32 Å². The van der Waals surface area contributed by atoms with Crippen molar-refractivity contribution in [1.82, 2.24) is 20.0 Å². The first kappa shape index (κ1) is 25.0. The number of carbonyl (C=O) groups is 2. The quantitative estimate of drug-likeness (QED) is 0.616. The highest BCUT2D eigenvalue weighted by atomic mass is 16.2. The standard InChI is InChI=1S/C30H40N4O2/c1-22-9-8-10-23(2)29(22)30(36)34-19-25-17-33(18-26(25)20-34)16-13-27(24-11-4-3-5-12-24)31-28(35)21-32-14-6-7-15-32/h3-5,8-12,25-27H,6-7,13-21H2,1-2H3,(H,31,35). The number of carbonyl (C=O) groups excluding carboxylic acids is 2. The second-order valence-corrected chi connectivity index (χ2v) is 11.1. The fourth-order valence-corrected chi connectivity index (χ4v) is 6.45. The summed E-state index contributed by atoms with van der Waals surface area (Å²) in [6.07, 6.45) is 3.29. The second kappa shape index (κ2) is 11.1. The van der Waals surface area contributed by atoms with Gasteiger partial charge in [0.2, 0.25) is 5.91 Å². The van der Waals surface area contributed by atoms with Gasteiger partial charge in [0.15, 0.2) is 0 Å². The number of aryl methyl sites for hydroxylation is 2. The Hall–Kier alpha value is -2.70. The fraction of sp³-hybridized carbons (Fsp3) is 0.533. The van der Waals surface area contributed by atoms with Crippen LogP contribution in [-0.4, -0.2) is 78.9 Å². The van der Waals surface area contributed by atoms with Crippen LogP contribution >= 0.6 is 0 Å². The molecule has 1 N–H and O–H groups in total. The zero-order chi connectivity index (χ0) is 25.1. The van der Waals surface area contributed by atoms with Crippen LogP contribution in [0.5, 0.6) is 0 Å². The molecule has 192 valence electrons. The molecule has 5 rings (SSSR count). The third-order valence-electron chi connectivity index (χ3n) is 8.38. The molecular formula is C30H40N4O2. The lowest BCUT2D eigenvalue weighted by Crippen LogP contribution is -2.39. The first-order chi connectivity index (χ1) is 17.5. The number of nitrogens with one attached hydrogen (secondary N) is 1. The van der Waals surface area contributed by atoms with Gasteiger partial charge in [-0.05, 0) is 74.7 Å². The van der Waals surface area contributed by atoms with E-state index in [1.54, 1.807) is 0 Å². The minimum absolute atomic E-state index is 0.0313. The predicted octanol–water partition coefficient (Wildman–Crippen LogP) is 3.65. The summed E-state index contributed by atoms with van der Waals surface area (Å²) in [5.74, 6) is 1.40. The van der Waals surface area contributed by atoms with Crippen molar-refractivity contribution in [2.45, 2.75) is 39.2 Å². The first-order valence-electron chi connectivity index (χ1n) is 13.6. The molecule has 0 saturated carbocycles. The summed E-state index contributed by atoms with van der Waals surface area (Å²) in [6, 6.07) is 16.5. The van der Waals surface area contributed by atoms with Gasteiger partial charge in [-0.2, -0.15) is 0 Å². The molecule has 36 heavy (non-hydrogen) atoms. The number of benzene rings is 2. The summed E-state index contributed by atoms with van der Waals surface area (Å²) in [7, 11) is 0. The smallest absolute Gasteiger partial charge is 0.254 e. The van der Waals surface area contributed by atoms with Crippen LogP contribution in [0.2, 0.25) is 0 Å². The Bertz CT molecular complexity index is 1030. The van der Waals surface area contributed by atoms with Crippen LogP contribution in [0.4, 0.5) is 0 Å². The summed E-state index contributed by atoms with van der Waals surface area (Å²) >= 11 is 0. The van der Waals surface area contributed by atoms with E-state index in [1.807, 2.05) is 38.1 Å². The molecule has 0 aliphatic carbocycles. The summed E-state index contributed by atoms with van der Waals surface area (Å²) in [6.45, 7) is 11.4. The maximum Gasteiger partial charge on any atom is 0.254 e.